The number of hydrogen-bond donors (Lipinski definition) is 2. The second-order valence-corrected chi connectivity index (χ2v) is 7.96. The molecule has 1 atom stereocenters. The zero-order valence-corrected chi connectivity index (χ0v) is 13.3. The zero-order chi connectivity index (χ0) is 15.3. The molecule has 8 heteroatoms. The van der Waals surface area contributed by atoms with Crippen LogP contribution >= 0.6 is 11.8 Å². The number of benzene rings is 1. The first-order valence-electron chi connectivity index (χ1n) is 6.69. The molecule has 0 spiro atoms. The molecule has 1 aliphatic rings. The van der Waals surface area contributed by atoms with E-state index < -0.39 is 16.1 Å². The van der Waals surface area contributed by atoms with Crippen LogP contribution in [0.5, 0.6) is 0 Å². The Morgan fingerprint density at radius 1 is 1.38 bits per heavy atom. The SMILES string of the molecule is Nc1ccc(SCCS(=O)(=O)N2CCOCC2CO)cc1. The van der Waals surface area contributed by atoms with Crippen molar-refractivity contribution in [1.82, 2.24) is 4.31 Å². The molecule has 1 heterocycles. The van der Waals surface area contributed by atoms with Gasteiger partial charge in [0.1, 0.15) is 0 Å². The summed E-state index contributed by atoms with van der Waals surface area (Å²) in [5, 5.41) is 9.25. The number of hydrogen-bond acceptors (Lipinski definition) is 6. The summed E-state index contributed by atoms with van der Waals surface area (Å²) < 4.78 is 31.2. The molecule has 6 nitrogen and oxygen atoms in total. The highest BCUT2D eigenvalue weighted by atomic mass is 32.2. The molecule has 21 heavy (non-hydrogen) atoms. The number of morpholine rings is 1. The number of aliphatic hydroxyl groups excluding tert-OH is 1. The molecular formula is C13H20N2O4S2. The Balaban J connectivity index is 1.90. The standard InChI is InChI=1S/C13H20N2O4S2/c14-11-1-3-13(4-2-11)20-7-8-21(17,18)15-5-6-19-10-12(15)9-16/h1-4,12,16H,5-10,14H2. The van der Waals surface area contributed by atoms with E-state index >= 15 is 0 Å². The van der Waals surface area contributed by atoms with Gasteiger partial charge in [0.15, 0.2) is 0 Å². The lowest BCUT2D eigenvalue weighted by Crippen LogP contribution is -2.51. The molecule has 1 aliphatic heterocycles. The average molecular weight is 332 g/mol. The fourth-order valence-electron chi connectivity index (χ4n) is 2.10. The van der Waals surface area contributed by atoms with Crippen LogP contribution in [0.25, 0.3) is 0 Å². The lowest BCUT2D eigenvalue weighted by atomic mass is 10.3. The van der Waals surface area contributed by atoms with E-state index in [4.69, 9.17) is 10.5 Å². The minimum atomic E-state index is -3.38. The van der Waals surface area contributed by atoms with Crippen LogP contribution in [0.4, 0.5) is 5.69 Å². The highest BCUT2D eigenvalue weighted by Gasteiger charge is 2.31. The lowest BCUT2D eigenvalue weighted by molar-refractivity contribution is 0.0110. The van der Waals surface area contributed by atoms with E-state index in [9.17, 15) is 13.5 Å². The van der Waals surface area contributed by atoms with Crippen molar-refractivity contribution in [1.29, 1.82) is 0 Å². The first-order valence-corrected chi connectivity index (χ1v) is 9.29. The quantitative estimate of drug-likeness (QED) is 0.578. The van der Waals surface area contributed by atoms with Crippen LogP contribution in [0, 0.1) is 0 Å². The molecule has 1 unspecified atom stereocenters. The Hall–Kier alpha value is -0.800. The van der Waals surface area contributed by atoms with Gasteiger partial charge in [-0.05, 0) is 24.3 Å². The number of aliphatic hydroxyl groups is 1. The average Bonchev–Trinajstić information content (AvgIpc) is 2.49. The molecule has 1 aromatic carbocycles. The molecule has 3 N–H and O–H groups in total. The van der Waals surface area contributed by atoms with Gasteiger partial charge in [-0.3, -0.25) is 0 Å². The van der Waals surface area contributed by atoms with Gasteiger partial charge >= 0.3 is 0 Å². The van der Waals surface area contributed by atoms with Gasteiger partial charge in [0.25, 0.3) is 0 Å². The highest BCUT2D eigenvalue weighted by molar-refractivity contribution is 8.00. The van der Waals surface area contributed by atoms with E-state index in [0.717, 1.165) is 4.90 Å². The third-order valence-corrected chi connectivity index (χ3v) is 6.42. The van der Waals surface area contributed by atoms with Gasteiger partial charge < -0.3 is 15.6 Å². The Morgan fingerprint density at radius 3 is 2.76 bits per heavy atom. The zero-order valence-electron chi connectivity index (χ0n) is 11.6. The fourth-order valence-corrected chi connectivity index (χ4v) is 5.00. The summed E-state index contributed by atoms with van der Waals surface area (Å²) in [6.45, 7) is 0.714. The van der Waals surface area contributed by atoms with Gasteiger partial charge in [-0.25, -0.2) is 8.42 Å². The van der Waals surface area contributed by atoms with Crippen LogP contribution in [0.15, 0.2) is 29.2 Å². The van der Waals surface area contributed by atoms with E-state index in [1.165, 1.54) is 16.1 Å². The van der Waals surface area contributed by atoms with Crippen molar-refractivity contribution in [2.75, 3.05) is 43.6 Å². The monoisotopic (exact) mass is 332 g/mol. The summed E-state index contributed by atoms with van der Waals surface area (Å²) in [6, 6.07) is 6.86. The maximum Gasteiger partial charge on any atom is 0.215 e. The van der Waals surface area contributed by atoms with Gasteiger partial charge in [-0.2, -0.15) is 4.31 Å². The molecular weight excluding hydrogens is 312 g/mol. The Bertz CT molecular complexity index is 548. The normalized spacial score (nSPS) is 20.5. The van der Waals surface area contributed by atoms with E-state index in [0.29, 0.717) is 24.6 Å². The number of thioether (sulfide) groups is 1. The van der Waals surface area contributed by atoms with Crippen molar-refractivity contribution in [3.8, 4) is 0 Å². The smallest absolute Gasteiger partial charge is 0.215 e. The molecule has 2 rings (SSSR count). The fraction of sp³-hybridized carbons (Fsp3) is 0.538. The molecule has 118 valence electrons. The third kappa shape index (κ3) is 4.58. The molecule has 0 bridgehead atoms. The molecule has 1 fully saturated rings. The summed E-state index contributed by atoms with van der Waals surface area (Å²) in [5.74, 6) is 0.500. The van der Waals surface area contributed by atoms with Crippen molar-refractivity contribution in [2.45, 2.75) is 10.9 Å². The van der Waals surface area contributed by atoms with Crippen molar-refractivity contribution in [3.63, 3.8) is 0 Å². The van der Waals surface area contributed by atoms with Crippen molar-refractivity contribution in [3.05, 3.63) is 24.3 Å². The Kier molecular flexibility index (Phi) is 5.88. The number of rotatable bonds is 6. The molecule has 0 radical (unpaired) electrons. The van der Waals surface area contributed by atoms with Crippen LogP contribution in [-0.4, -0.2) is 61.7 Å². The lowest BCUT2D eigenvalue weighted by Gasteiger charge is -2.33. The van der Waals surface area contributed by atoms with E-state index in [-0.39, 0.29) is 19.0 Å². The number of sulfonamides is 1. The topological polar surface area (TPSA) is 92.9 Å². The first kappa shape index (κ1) is 16.6. The van der Waals surface area contributed by atoms with Crippen molar-refractivity contribution in [2.24, 2.45) is 0 Å². The highest BCUT2D eigenvalue weighted by Crippen LogP contribution is 2.21. The Labute approximate surface area is 129 Å². The van der Waals surface area contributed by atoms with Crippen LogP contribution in [0.3, 0.4) is 0 Å². The Morgan fingerprint density at radius 2 is 2.10 bits per heavy atom. The maximum atomic E-state index is 12.3. The molecule has 0 aliphatic carbocycles. The summed E-state index contributed by atoms with van der Waals surface area (Å²) >= 11 is 1.47. The van der Waals surface area contributed by atoms with Crippen molar-refractivity contribution < 1.29 is 18.3 Å². The van der Waals surface area contributed by atoms with Crippen LogP contribution in [0.2, 0.25) is 0 Å². The molecule has 1 saturated heterocycles. The first-order chi connectivity index (χ1) is 10.0. The second-order valence-electron chi connectivity index (χ2n) is 4.76. The van der Waals surface area contributed by atoms with E-state index in [1.807, 2.05) is 12.1 Å². The summed E-state index contributed by atoms with van der Waals surface area (Å²) in [7, 11) is -3.38. The van der Waals surface area contributed by atoms with Gasteiger partial charge in [-0.15, -0.1) is 11.8 Å². The minimum absolute atomic E-state index is 0.0402. The van der Waals surface area contributed by atoms with E-state index in [1.54, 1.807) is 12.1 Å². The summed E-state index contributed by atoms with van der Waals surface area (Å²) in [6.07, 6.45) is 0. The van der Waals surface area contributed by atoms with Crippen LogP contribution in [0.1, 0.15) is 0 Å². The van der Waals surface area contributed by atoms with Crippen LogP contribution < -0.4 is 5.73 Å². The van der Waals surface area contributed by atoms with Gasteiger partial charge in [0.2, 0.25) is 10.0 Å². The molecule has 1 aromatic rings. The van der Waals surface area contributed by atoms with Gasteiger partial charge in [-0.1, -0.05) is 0 Å². The predicted molar refractivity (Wildman–Crippen MR) is 83.8 cm³/mol. The molecule has 0 aromatic heterocycles. The molecule has 0 saturated carbocycles. The van der Waals surface area contributed by atoms with Gasteiger partial charge in [0, 0.05) is 22.9 Å². The second kappa shape index (κ2) is 7.46. The summed E-state index contributed by atoms with van der Waals surface area (Å²) in [4.78, 5) is 0.986. The maximum absolute atomic E-state index is 12.3. The van der Waals surface area contributed by atoms with Crippen LogP contribution in [-0.2, 0) is 14.8 Å². The minimum Gasteiger partial charge on any atom is -0.399 e. The third-order valence-electron chi connectivity index (χ3n) is 3.23. The van der Waals surface area contributed by atoms with Gasteiger partial charge in [0.05, 0.1) is 31.6 Å². The van der Waals surface area contributed by atoms with E-state index in [2.05, 4.69) is 0 Å². The molecule has 0 amide bonds. The largest absolute Gasteiger partial charge is 0.399 e. The number of nitrogens with zero attached hydrogens (tertiary/aromatic N) is 1. The number of anilines is 1. The number of nitrogen functional groups attached to an aromatic ring is 1. The predicted octanol–water partition coefficient (Wildman–Crippen LogP) is 0.384. The summed E-state index contributed by atoms with van der Waals surface area (Å²) in [5.41, 5.74) is 6.29. The van der Waals surface area contributed by atoms with Crippen molar-refractivity contribution >= 4 is 27.5 Å². The number of ether oxygens (including phenoxy) is 1. The number of nitrogens with two attached hydrogens (primary N) is 1.